The third kappa shape index (κ3) is 4.74. The van der Waals surface area contributed by atoms with Crippen molar-refractivity contribution in [2.75, 3.05) is 46.1 Å². The maximum Gasteiger partial charge on any atom is 0.257 e. The van der Waals surface area contributed by atoms with E-state index in [1.54, 1.807) is 34.0 Å². The lowest BCUT2D eigenvalue weighted by Crippen LogP contribution is -2.46. The summed E-state index contributed by atoms with van der Waals surface area (Å²) in [4.78, 5) is 20.9. The average molecular weight is 560 g/mol. The third-order valence-corrected chi connectivity index (χ3v) is 9.80. The summed E-state index contributed by atoms with van der Waals surface area (Å²) in [6.45, 7) is 1.97. The van der Waals surface area contributed by atoms with Gasteiger partial charge in [0, 0.05) is 36.1 Å². The van der Waals surface area contributed by atoms with Crippen LogP contribution in [0.25, 0.3) is 10.4 Å². The highest BCUT2D eigenvalue weighted by molar-refractivity contribution is 7.92. The Morgan fingerprint density at radius 2 is 1.85 bits per heavy atom. The maximum atomic E-state index is 13.0. The van der Waals surface area contributed by atoms with Gasteiger partial charge in [-0.25, -0.2) is 13.4 Å². The van der Waals surface area contributed by atoms with Crippen LogP contribution in [-0.2, 0) is 15.4 Å². The summed E-state index contributed by atoms with van der Waals surface area (Å²) >= 11 is 1.63. The highest BCUT2D eigenvalue weighted by atomic mass is 32.2. The highest BCUT2D eigenvalue weighted by Crippen LogP contribution is 2.48. The Morgan fingerprint density at radius 3 is 2.54 bits per heavy atom. The third-order valence-electron chi connectivity index (χ3n) is 7.75. The first-order chi connectivity index (χ1) is 18.7. The number of nitrogens with zero attached hydrogens (tertiary/aromatic N) is 3. The summed E-state index contributed by atoms with van der Waals surface area (Å²) in [5.41, 5.74) is 10.3. The van der Waals surface area contributed by atoms with E-state index in [1.807, 2.05) is 53.9 Å². The van der Waals surface area contributed by atoms with E-state index in [4.69, 9.17) is 5.73 Å². The van der Waals surface area contributed by atoms with Crippen LogP contribution in [0.2, 0.25) is 0 Å². The number of para-hydroxylation sites is 1. The molecular weight excluding hydrogens is 530 g/mol. The van der Waals surface area contributed by atoms with E-state index in [0.717, 1.165) is 53.4 Å². The lowest BCUT2D eigenvalue weighted by Gasteiger charge is -2.40. The molecule has 1 amide bonds. The Bertz CT molecular complexity index is 1630. The first-order valence-corrected chi connectivity index (χ1v) is 15.5. The molecule has 10 heteroatoms. The number of sulfonamides is 1. The number of hydrogen-bond acceptors (Lipinski definition) is 7. The number of rotatable bonds is 5. The minimum atomic E-state index is -3.35. The van der Waals surface area contributed by atoms with Crippen molar-refractivity contribution in [3.8, 4) is 10.4 Å². The second-order valence-corrected chi connectivity index (χ2v) is 13.0. The number of carbonyl (C=O) groups is 1. The van der Waals surface area contributed by atoms with E-state index in [1.165, 1.54) is 6.26 Å². The number of piperidine rings is 1. The fourth-order valence-corrected chi connectivity index (χ4v) is 7.36. The van der Waals surface area contributed by atoms with E-state index in [2.05, 4.69) is 21.3 Å². The first-order valence-electron chi connectivity index (χ1n) is 12.8. The molecule has 0 saturated carbocycles. The molecule has 0 unspecified atom stereocenters. The largest absolute Gasteiger partial charge is 0.397 e. The van der Waals surface area contributed by atoms with Gasteiger partial charge in [0.1, 0.15) is 5.82 Å². The summed E-state index contributed by atoms with van der Waals surface area (Å²) in [5.74, 6) is 0.525. The summed E-state index contributed by atoms with van der Waals surface area (Å²) in [6.07, 6.45) is 4.50. The zero-order valence-electron chi connectivity index (χ0n) is 21.5. The minimum absolute atomic E-state index is 0.201. The number of carbonyl (C=O) groups excluding carboxylic acids is 1. The van der Waals surface area contributed by atoms with E-state index in [9.17, 15) is 13.2 Å². The van der Waals surface area contributed by atoms with Crippen LogP contribution in [0.1, 0.15) is 28.8 Å². The Morgan fingerprint density at radius 1 is 1.05 bits per heavy atom. The topological polar surface area (TPSA) is 109 Å². The molecule has 39 heavy (non-hydrogen) atoms. The number of anilines is 4. The number of amides is 1. The smallest absolute Gasteiger partial charge is 0.257 e. The van der Waals surface area contributed by atoms with Crippen molar-refractivity contribution in [2.45, 2.75) is 18.3 Å². The lowest BCUT2D eigenvalue weighted by atomic mass is 9.74. The predicted octanol–water partition coefficient (Wildman–Crippen LogP) is 4.96. The fraction of sp³-hybridized carbons (Fsp3) is 0.241. The van der Waals surface area contributed by atoms with Gasteiger partial charge in [-0.2, -0.15) is 0 Å². The van der Waals surface area contributed by atoms with Gasteiger partial charge in [-0.05, 0) is 65.7 Å². The van der Waals surface area contributed by atoms with Crippen LogP contribution in [0, 0.1) is 0 Å². The Labute approximate surface area is 232 Å². The number of fused-ring (bicyclic) bond motifs is 2. The van der Waals surface area contributed by atoms with Crippen LogP contribution in [0.4, 0.5) is 22.9 Å². The molecule has 4 heterocycles. The van der Waals surface area contributed by atoms with Gasteiger partial charge in [0.25, 0.3) is 5.91 Å². The van der Waals surface area contributed by atoms with E-state index >= 15 is 0 Å². The number of benzene rings is 2. The molecule has 2 aliphatic heterocycles. The molecule has 0 radical (unpaired) electrons. The number of nitrogens with two attached hydrogens (primary N) is 1. The number of hydrogen-bond donors (Lipinski definition) is 2. The highest BCUT2D eigenvalue weighted by Gasteiger charge is 2.47. The number of nitrogen functional groups attached to an aromatic ring is 1. The molecule has 4 aromatic rings. The molecule has 1 fully saturated rings. The molecule has 3 N–H and O–H groups in total. The van der Waals surface area contributed by atoms with Gasteiger partial charge in [0.15, 0.2) is 0 Å². The predicted molar refractivity (Wildman–Crippen MR) is 158 cm³/mol. The molecule has 8 nitrogen and oxygen atoms in total. The maximum absolute atomic E-state index is 13.0. The van der Waals surface area contributed by atoms with Gasteiger partial charge in [0.05, 0.1) is 28.9 Å². The van der Waals surface area contributed by atoms with Gasteiger partial charge in [-0.15, -0.1) is 11.3 Å². The Kier molecular flexibility index (Phi) is 6.31. The second kappa shape index (κ2) is 9.69. The molecule has 2 aromatic heterocycles. The van der Waals surface area contributed by atoms with Crippen molar-refractivity contribution in [2.24, 2.45) is 0 Å². The average Bonchev–Trinajstić information content (AvgIpc) is 3.58. The number of aromatic nitrogens is 1. The molecule has 1 spiro atoms. The van der Waals surface area contributed by atoms with Crippen molar-refractivity contribution < 1.29 is 13.2 Å². The van der Waals surface area contributed by atoms with E-state index < -0.39 is 10.0 Å². The van der Waals surface area contributed by atoms with E-state index in [0.29, 0.717) is 23.5 Å². The van der Waals surface area contributed by atoms with Crippen molar-refractivity contribution in [1.82, 2.24) is 4.98 Å². The van der Waals surface area contributed by atoms with Crippen LogP contribution >= 0.6 is 11.3 Å². The Hall–Kier alpha value is -3.89. The number of thiophene rings is 1. The number of nitrogens with one attached hydrogen (secondary N) is 1. The van der Waals surface area contributed by atoms with Crippen LogP contribution in [0.15, 0.2) is 78.3 Å². The quantitative estimate of drug-likeness (QED) is 0.335. The van der Waals surface area contributed by atoms with Gasteiger partial charge in [-0.3, -0.25) is 9.10 Å². The zero-order chi connectivity index (χ0) is 27.2. The van der Waals surface area contributed by atoms with Gasteiger partial charge < -0.3 is 16.0 Å². The Balaban J connectivity index is 1.14. The fourth-order valence-electron chi connectivity index (χ4n) is 5.63. The number of pyridine rings is 1. The van der Waals surface area contributed by atoms with Crippen LogP contribution < -0.4 is 20.3 Å². The molecule has 0 aliphatic carbocycles. The van der Waals surface area contributed by atoms with Crippen LogP contribution in [0.5, 0.6) is 0 Å². The first kappa shape index (κ1) is 25.4. The van der Waals surface area contributed by atoms with Crippen molar-refractivity contribution in [3.63, 3.8) is 0 Å². The van der Waals surface area contributed by atoms with Gasteiger partial charge >= 0.3 is 0 Å². The lowest BCUT2D eigenvalue weighted by molar-refractivity contribution is 0.102. The SMILES string of the molecule is CS(=O)(=O)N1CC2(CCN(c3ccc(C(=O)Nc4cc(-c5cccs5)ccc4N)cn3)CC2)c2ccccc21. The molecular formula is C29H29N5O3S2. The normalized spacial score (nSPS) is 16.3. The molecule has 0 atom stereocenters. The molecule has 0 bridgehead atoms. The van der Waals surface area contributed by atoms with Crippen LogP contribution in [-0.4, -0.2) is 45.2 Å². The molecule has 2 aromatic carbocycles. The van der Waals surface area contributed by atoms with Crippen molar-refractivity contribution >= 4 is 50.1 Å². The van der Waals surface area contributed by atoms with Gasteiger partial charge in [0.2, 0.25) is 10.0 Å². The monoisotopic (exact) mass is 559 g/mol. The van der Waals surface area contributed by atoms with Gasteiger partial charge in [-0.1, -0.05) is 30.3 Å². The summed E-state index contributed by atoms with van der Waals surface area (Å²) in [7, 11) is -3.35. The summed E-state index contributed by atoms with van der Waals surface area (Å²) in [5, 5.41) is 4.93. The molecule has 1 saturated heterocycles. The summed E-state index contributed by atoms with van der Waals surface area (Å²) < 4.78 is 26.5. The van der Waals surface area contributed by atoms with Crippen LogP contribution in [0.3, 0.4) is 0 Å². The minimum Gasteiger partial charge on any atom is -0.397 e. The standard InChI is InChI=1S/C29H29N5O3S2/c1-39(36,37)34-19-29(22-5-2-3-6-25(22)34)12-14-33(15-13-29)27-11-9-21(18-31-27)28(35)32-24-17-20(8-10-23(24)30)26-7-4-16-38-26/h2-11,16-18H,12-15,19,30H2,1H3,(H,32,35). The second-order valence-electron chi connectivity index (χ2n) is 10.2. The molecule has 200 valence electrons. The molecule has 6 rings (SSSR count). The van der Waals surface area contributed by atoms with Crippen molar-refractivity contribution in [3.05, 3.63) is 89.4 Å². The molecule has 2 aliphatic rings. The van der Waals surface area contributed by atoms with Crippen molar-refractivity contribution in [1.29, 1.82) is 0 Å². The zero-order valence-corrected chi connectivity index (χ0v) is 23.1. The summed E-state index contributed by atoms with van der Waals surface area (Å²) in [6, 6.07) is 21.1. The van der Waals surface area contributed by atoms with E-state index in [-0.39, 0.29) is 11.3 Å².